The molecule has 0 aromatic heterocycles. The van der Waals surface area contributed by atoms with Gasteiger partial charge in [-0.05, 0) is 6.92 Å². The number of aliphatic hydroxyl groups is 2. The predicted molar refractivity (Wildman–Crippen MR) is 51.6 cm³/mol. The summed E-state index contributed by atoms with van der Waals surface area (Å²) in [6.07, 6.45) is -0.557. The van der Waals surface area contributed by atoms with Gasteiger partial charge in [0.1, 0.15) is 6.29 Å². The van der Waals surface area contributed by atoms with E-state index >= 15 is 0 Å². The van der Waals surface area contributed by atoms with Gasteiger partial charge >= 0.3 is 0 Å². The molecule has 0 aliphatic heterocycles. The van der Waals surface area contributed by atoms with Gasteiger partial charge in [-0.25, -0.2) is 0 Å². The first-order valence-corrected chi connectivity index (χ1v) is 4.24. The summed E-state index contributed by atoms with van der Waals surface area (Å²) in [6, 6.07) is 6.34. The molecule has 0 amide bonds. The molecule has 1 aromatic carbocycles. The van der Waals surface area contributed by atoms with Gasteiger partial charge in [-0.2, -0.15) is 0 Å². The molecule has 0 radical (unpaired) electrons. The van der Waals surface area contributed by atoms with Crippen molar-refractivity contribution >= 4 is 6.29 Å². The van der Waals surface area contributed by atoms with Crippen LogP contribution in [0.4, 0.5) is 0 Å². The van der Waals surface area contributed by atoms with Crippen molar-refractivity contribution in [3.05, 3.63) is 35.4 Å². The molecule has 0 saturated heterocycles. The molecule has 1 aromatic rings. The third kappa shape index (κ3) is 1.82. The van der Waals surface area contributed by atoms with Crippen LogP contribution >= 0.6 is 0 Å². The van der Waals surface area contributed by atoms with E-state index in [1.807, 2.05) is 0 Å². The van der Waals surface area contributed by atoms with E-state index in [2.05, 4.69) is 0 Å². The van der Waals surface area contributed by atoms with E-state index in [4.69, 9.17) is 5.73 Å². The number of benzene rings is 1. The van der Waals surface area contributed by atoms with Crippen molar-refractivity contribution < 1.29 is 15.0 Å². The Labute approximate surface area is 82.0 Å². The van der Waals surface area contributed by atoms with E-state index in [1.54, 1.807) is 12.1 Å². The minimum atomic E-state index is -1.89. The highest BCUT2D eigenvalue weighted by atomic mass is 16.4. The minimum Gasteiger partial charge on any atom is -0.389 e. The Morgan fingerprint density at radius 1 is 1.50 bits per heavy atom. The summed E-state index contributed by atoms with van der Waals surface area (Å²) >= 11 is 0. The van der Waals surface area contributed by atoms with Gasteiger partial charge in [0.2, 0.25) is 0 Å². The van der Waals surface area contributed by atoms with E-state index in [9.17, 15) is 15.0 Å². The van der Waals surface area contributed by atoms with Crippen LogP contribution in [0.25, 0.3) is 0 Å². The molecule has 0 aliphatic carbocycles. The maximum absolute atomic E-state index is 10.6. The molecule has 14 heavy (non-hydrogen) atoms. The number of carbonyl (C=O) groups excluding carboxylic acids is 1. The van der Waals surface area contributed by atoms with Gasteiger partial charge in [0.05, 0.1) is 6.10 Å². The zero-order valence-electron chi connectivity index (χ0n) is 7.84. The largest absolute Gasteiger partial charge is 0.389 e. The Kier molecular flexibility index (Phi) is 3.00. The highest BCUT2D eigenvalue weighted by molar-refractivity contribution is 5.77. The molecule has 0 spiro atoms. The van der Waals surface area contributed by atoms with Crippen LogP contribution in [0.15, 0.2) is 24.3 Å². The molecule has 1 rings (SSSR count). The topological polar surface area (TPSA) is 83.6 Å². The van der Waals surface area contributed by atoms with E-state index in [0.29, 0.717) is 6.29 Å². The molecule has 0 saturated carbocycles. The summed E-state index contributed by atoms with van der Waals surface area (Å²) in [5, 5.41) is 19.0. The van der Waals surface area contributed by atoms with Gasteiger partial charge in [0, 0.05) is 11.1 Å². The fraction of sp³-hybridized carbons (Fsp3) is 0.300. The highest BCUT2D eigenvalue weighted by Gasteiger charge is 2.31. The fourth-order valence-electron chi connectivity index (χ4n) is 1.19. The second kappa shape index (κ2) is 3.88. The minimum absolute atomic E-state index is 0.227. The quantitative estimate of drug-likeness (QED) is 0.467. The molecule has 0 bridgehead atoms. The molecule has 0 aliphatic rings. The van der Waals surface area contributed by atoms with E-state index in [-0.39, 0.29) is 11.1 Å². The summed E-state index contributed by atoms with van der Waals surface area (Å²) in [5.41, 5.74) is 4.12. The van der Waals surface area contributed by atoms with Crippen molar-refractivity contribution in [3.8, 4) is 0 Å². The second-order valence-electron chi connectivity index (χ2n) is 3.21. The molecule has 0 heterocycles. The zero-order chi connectivity index (χ0) is 10.8. The Morgan fingerprint density at radius 3 is 2.57 bits per heavy atom. The maximum Gasteiger partial charge on any atom is 0.166 e. The molecular formula is C10H13NO3. The molecule has 2 atom stereocenters. The first-order valence-electron chi connectivity index (χ1n) is 4.24. The van der Waals surface area contributed by atoms with Crippen LogP contribution in [0.2, 0.25) is 0 Å². The van der Waals surface area contributed by atoms with Gasteiger partial charge in [-0.15, -0.1) is 0 Å². The highest BCUT2D eigenvalue weighted by Crippen LogP contribution is 2.21. The van der Waals surface area contributed by atoms with Crippen molar-refractivity contribution in [3.63, 3.8) is 0 Å². The number of hydrogen-bond donors (Lipinski definition) is 3. The summed E-state index contributed by atoms with van der Waals surface area (Å²) in [6.45, 7) is 1.36. The van der Waals surface area contributed by atoms with E-state index in [1.165, 1.54) is 19.1 Å². The van der Waals surface area contributed by atoms with Crippen LogP contribution < -0.4 is 5.73 Å². The monoisotopic (exact) mass is 195 g/mol. The summed E-state index contributed by atoms with van der Waals surface area (Å²) < 4.78 is 0. The van der Waals surface area contributed by atoms with Gasteiger partial charge in [-0.1, -0.05) is 24.3 Å². The van der Waals surface area contributed by atoms with Crippen molar-refractivity contribution in [2.75, 3.05) is 0 Å². The fourth-order valence-corrected chi connectivity index (χ4v) is 1.19. The first-order chi connectivity index (χ1) is 6.50. The molecule has 0 unspecified atom stereocenters. The van der Waals surface area contributed by atoms with Crippen molar-refractivity contribution in [2.45, 2.75) is 18.8 Å². The average Bonchev–Trinajstić information content (AvgIpc) is 2.17. The molecule has 76 valence electrons. The van der Waals surface area contributed by atoms with Gasteiger partial charge in [0.15, 0.2) is 5.72 Å². The van der Waals surface area contributed by atoms with Gasteiger partial charge in [-0.3, -0.25) is 10.5 Å². The number of nitrogens with two attached hydrogens (primary N) is 1. The summed E-state index contributed by atoms with van der Waals surface area (Å²) in [5.74, 6) is 0. The number of carbonyl (C=O) groups is 1. The van der Waals surface area contributed by atoms with Crippen LogP contribution in [-0.4, -0.2) is 22.6 Å². The van der Waals surface area contributed by atoms with Crippen molar-refractivity contribution in [2.24, 2.45) is 5.73 Å². The van der Waals surface area contributed by atoms with Crippen LogP contribution in [0, 0.1) is 0 Å². The Bertz CT molecular complexity index is 334. The lowest BCUT2D eigenvalue weighted by Gasteiger charge is -2.27. The lowest BCUT2D eigenvalue weighted by molar-refractivity contribution is -0.0671. The lowest BCUT2D eigenvalue weighted by atomic mass is 9.94. The third-order valence-corrected chi connectivity index (χ3v) is 2.16. The Hall–Kier alpha value is -1.23. The predicted octanol–water partition coefficient (Wildman–Crippen LogP) is -0.0163. The summed E-state index contributed by atoms with van der Waals surface area (Å²) in [4.78, 5) is 10.6. The molecule has 4 nitrogen and oxygen atoms in total. The Balaban J connectivity index is 3.24. The first kappa shape index (κ1) is 10.8. The normalized spacial score (nSPS) is 17.1. The van der Waals surface area contributed by atoms with Crippen molar-refractivity contribution in [1.29, 1.82) is 0 Å². The Morgan fingerprint density at radius 2 is 2.07 bits per heavy atom. The van der Waals surface area contributed by atoms with Gasteiger partial charge < -0.3 is 10.2 Å². The summed E-state index contributed by atoms with van der Waals surface area (Å²) in [7, 11) is 0. The average molecular weight is 195 g/mol. The number of aldehydes is 1. The number of aliphatic hydroxyl groups excluding tert-OH is 1. The van der Waals surface area contributed by atoms with Crippen molar-refractivity contribution in [1.82, 2.24) is 0 Å². The second-order valence-corrected chi connectivity index (χ2v) is 3.21. The molecule has 4 heteroatoms. The van der Waals surface area contributed by atoms with Crippen LogP contribution in [0.5, 0.6) is 0 Å². The zero-order valence-corrected chi connectivity index (χ0v) is 7.84. The number of rotatable bonds is 3. The standard InChI is InChI=1S/C10H13NO3/c1-7(13)10(11,14)9-5-3-2-4-8(9)6-12/h2-7,13-14H,11H2,1H3/t7-,10+/m0/s1. The third-order valence-electron chi connectivity index (χ3n) is 2.16. The molecular weight excluding hydrogens is 182 g/mol. The lowest BCUT2D eigenvalue weighted by Crippen LogP contribution is -2.47. The SMILES string of the molecule is C[C@H](O)[C@@](N)(O)c1ccccc1C=O. The van der Waals surface area contributed by atoms with Crippen LogP contribution in [0.1, 0.15) is 22.8 Å². The van der Waals surface area contributed by atoms with Crippen LogP contribution in [0.3, 0.4) is 0 Å². The van der Waals surface area contributed by atoms with E-state index < -0.39 is 11.8 Å². The van der Waals surface area contributed by atoms with Gasteiger partial charge in [0.25, 0.3) is 0 Å². The number of hydrogen-bond acceptors (Lipinski definition) is 4. The molecule has 0 fully saturated rings. The van der Waals surface area contributed by atoms with E-state index in [0.717, 1.165) is 0 Å². The molecule has 4 N–H and O–H groups in total. The smallest absolute Gasteiger partial charge is 0.166 e. The maximum atomic E-state index is 10.6. The van der Waals surface area contributed by atoms with Crippen LogP contribution in [-0.2, 0) is 5.72 Å².